The van der Waals surface area contributed by atoms with Gasteiger partial charge in [-0.1, -0.05) is 30.3 Å². The molecule has 1 aliphatic carbocycles. The molecule has 4 rings (SSSR count). The van der Waals surface area contributed by atoms with Gasteiger partial charge in [-0.15, -0.1) is 0 Å². The molecular weight excluding hydrogens is 354 g/mol. The lowest BCUT2D eigenvalue weighted by molar-refractivity contribution is 0.0332. The number of ether oxygens (including phenoxy) is 1. The molecule has 0 bridgehead atoms. The highest BCUT2D eigenvalue weighted by Crippen LogP contribution is 2.27. The van der Waals surface area contributed by atoms with E-state index in [1.807, 2.05) is 37.3 Å². The van der Waals surface area contributed by atoms with Gasteiger partial charge in [-0.05, 0) is 30.9 Å². The number of aryl methyl sites for hydroxylation is 1. The van der Waals surface area contributed by atoms with Gasteiger partial charge in [-0.2, -0.15) is 0 Å². The molecular formula is C22H27N3O3. The minimum Gasteiger partial charge on any atom is -0.379 e. The van der Waals surface area contributed by atoms with Gasteiger partial charge in [0.2, 0.25) is 0 Å². The molecule has 1 aromatic heterocycles. The molecule has 1 aromatic carbocycles. The van der Waals surface area contributed by atoms with Crippen molar-refractivity contribution in [3.63, 3.8) is 0 Å². The Morgan fingerprint density at radius 3 is 2.68 bits per heavy atom. The Bertz CT molecular complexity index is 853. The molecule has 6 heteroatoms. The van der Waals surface area contributed by atoms with Crippen LogP contribution in [0.25, 0.3) is 0 Å². The second-order valence-corrected chi connectivity index (χ2v) is 7.60. The standard InChI is InChI=1S/C22H27N3O3/c1-15-20-17(8-5-9-19(20)26)23-21(15)22(27)24-18(16-6-3-2-4-7-16)14-25-10-12-28-13-11-25/h2-4,6-7,18,23H,5,8-14H2,1H3,(H,24,27). The van der Waals surface area contributed by atoms with Crippen molar-refractivity contribution in [2.75, 3.05) is 32.8 Å². The van der Waals surface area contributed by atoms with Gasteiger partial charge < -0.3 is 15.0 Å². The van der Waals surface area contributed by atoms with E-state index in [0.29, 0.717) is 12.1 Å². The Balaban J connectivity index is 1.56. The molecule has 2 aromatic rings. The van der Waals surface area contributed by atoms with E-state index in [4.69, 9.17) is 4.74 Å². The Morgan fingerprint density at radius 1 is 1.21 bits per heavy atom. The van der Waals surface area contributed by atoms with Crippen LogP contribution in [0.3, 0.4) is 0 Å². The Labute approximate surface area is 165 Å². The number of aromatic nitrogens is 1. The van der Waals surface area contributed by atoms with E-state index in [1.165, 1.54) is 0 Å². The van der Waals surface area contributed by atoms with Crippen LogP contribution in [0.15, 0.2) is 30.3 Å². The molecule has 0 saturated carbocycles. The molecule has 1 amide bonds. The highest BCUT2D eigenvalue weighted by molar-refractivity contribution is 6.04. The first kappa shape index (κ1) is 18.9. The maximum Gasteiger partial charge on any atom is 0.268 e. The van der Waals surface area contributed by atoms with Crippen LogP contribution >= 0.6 is 0 Å². The van der Waals surface area contributed by atoms with Crippen LogP contribution < -0.4 is 5.32 Å². The van der Waals surface area contributed by atoms with Crippen LogP contribution in [0.5, 0.6) is 0 Å². The summed E-state index contributed by atoms with van der Waals surface area (Å²) in [5.74, 6) is -0.0104. The molecule has 2 aliphatic rings. The second kappa shape index (κ2) is 8.29. The molecule has 1 saturated heterocycles. The van der Waals surface area contributed by atoms with Crippen molar-refractivity contribution in [1.82, 2.24) is 15.2 Å². The minimum atomic E-state index is -0.151. The fourth-order valence-electron chi connectivity index (χ4n) is 4.19. The van der Waals surface area contributed by atoms with Crippen molar-refractivity contribution in [2.45, 2.75) is 32.2 Å². The summed E-state index contributed by atoms with van der Waals surface area (Å²) in [6.45, 7) is 5.78. The van der Waals surface area contributed by atoms with Gasteiger partial charge in [0.25, 0.3) is 5.91 Å². The fourth-order valence-corrected chi connectivity index (χ4v) is 4.19. The van der Waals surface area contributed by atoms with Crippen LogP contribution in [0.4, 0.5) is 0 Å². The molecule has 148 valence electrons. The predicted octanol–water partition coefficient (Wildman–Crippen LogP) is 2.65. The third-order valence-corrected chi connectivity index (χ3v) is 5.72. The number of carbonyl (C=O) groups is 2. The first-order valence-corrected chi connectivity index (χ1v) is 10.0. The largest absolute Gasteiger partial charge is 0.379 e. The summed E-state index contributed by atoms with van der Waals surface area (Å²) in [6.07, 6.45) is 2.23. The number of benzene rings is 1. The highest BCUT2D eigenvalue weighted by Gasteiger charge is 2.28. The summed E-state index contributed by atoms with van der Waals surface area (Å²) in [6, 6.07) is 9.92. The van der Waals surface area contributed by atoms with Crippen molar-refractivity contribution in [3.05, 3.63) is 58.4 Å². The number of aromatic amines is 1. The van der Waals surface area contributed by atoms with Gasteiger partial charge in [0.05, 0.1) is 19.3 Å². The van der Waals surface area contributed by atoms with E-state index < -0.39 is 0 Å². The average molecular weight is 381 g/mol. The number of Topliss-reactive ketones (excluding diaryl/α,β-unsaturated/α-hetero) is 1. The maximum absolute atomic E-state index is 13.1. The van der Waals surface area contributed by atoms with E-state index >= 15 is 0 Å². The fraction of sp³-hybridized carbons (Fsp3) is 0.455. The lowest BCUT2D eigenvalue weighted by Crippen LogP contribution is -2.43. The number of hydrogen-bond acceptors (Lipinski definition) is 4. The first-order chi connectivity index (χ1) is 13.6. The maximum atomic E-state index is 13.1. The summed E-state index contributed by atoms with van der Waals surface area (Å²) < 4.78 is 5.44. The van der Waals surface area contributed by atoms with Crippen LogP contribution in [0.2, 0.25) is 0 Å². The van der Waals surface area contributed by atoms with Gasteiger partial charge in [0.1, 0.15) is 5.69 Å². The zero-order valence-electron chi connectivity index (χ0n) is 16.3. The monoisotopic (exact) mass is 381 g/mol. The van der Waals surface area contributed by atoms with Gasteiger partial charge in [0, 0.05) is 37.3 Å². The minimum absolute atomic E-state index is 0.123. The molecule has 1 atom stereocenters. The lowest BCUT2D eigenvalue weighted by Gasteiger charge is -2.31. The zero-order chi connectivity index (χ0) is 19.5. The molecule has 2 N–H and O–H groups in total. The van der Waals surface area contributed by atoms with E-state index in [2.05, 4.69) is 15.2 Å². The zero-order valence-corrected chi connectivity index (χ0v) is 16.3. The van der Waals surface area contributed by atoms with Crippen molar-refractivity contribution in [3.8, 4) is 0 Å². The summed E-state index contributed by atoms with van der Waals surface area (Å²) in [5.41, 5.74) is 4.00. The molecule has 1 aliphatic heterocycles. The summed E-state index contributed by atoms with van der Waals surface area (Å²) in [5, 5.41) is 3.20. The number of rotatable bonds is 5. The van der Waals surface area contributed by atoms with Gasteiger partial charge in [0.15, 0.2) is 5.78 Å². The van der Waals surface area contributed by atoms with Crippen LogP contribution in [-0.2, 0) is 11.2 Å². The number of H-pyrrole nitrogens is 1. The van der Waals surface area contributed by atoms with E-state index in [1.54, 1.807) is 0 Å². The number of nitrogens with one attached hydrogen (secondary N) is 2. The molecule has 28 heavy (non-hydrogen) atoms. The lowest BCUT2D eigenvalue weighted by atomic mass is 9.93. The van der Waals surface area contributed by atoms with Crippen LogP contribution in [-0.4, -0.2) is 54.4 Å². The SMILES string of the molecule is Cc1c(C(=O)NC(CN2CCOCC2)c2ccccc2)[nH]c2c1C(=O)CCC2. The molecule has 6 nitrogen and oxygen atoms in total. The normalized spacial score (nSPS) is 18.5. The predicted molar refractivity (Wildman–Crippen MR) is 107 cm³/mol. The van der Waals surface area contributed by atoms with Crippen LogP contribution in [0, 0.1) is 6.92 Å². The topological polar surface area (TPSA) is 74.4 Å². The van der Waals surface area contributed by atoms with Crippen molar-refractivity contribution < 1.29 is 14.3 Å². The molecule has 0 radical (unpaired) electrons. The molecule has 0 spiro atoms. The van der Waals surface area contributed by atoms with Gasteiger partial charge >= 0.3 is 0 Å². The van der Waals surface area contributed by atoms with Crippen molar-refractivity contribution in [2.24, 2.45) is 0 Å². The Morgan fingerprint density at radius 2 is 1.96 bits per heavy atom. The Hall–Kier alpha value is -2.44. The van der Waals surface area contributed by atoms with Crippen LogP contribution in [0.1, 0.15) is 56.6 Å². The summed E-state index contributed by atoms with van der Waals surface area (Å²) in [7, 11) is 0. The number of fused-ring (bicyclic) bond motifs is 1. The van der Waals surface area contributed by atoms with E-state index in [9.17, 15) is 9.59 Å². The number of ketones is 1. The third-order valence-electron chi connectivity index (χ3n) is 5.72. The first-order valence-electron chi connectivity index (χ1n) is 10.0. The van der Waals surface area contributed by atoms with E-state index in [-0.39, 0.29) is 17.7 Å². The average Bonchev–Trinajstić information content (AvgIpc) is 3.07. The summed E-state index contributed by atoms with van der Waals surface area (Å²) >= 11 is 0. The second-order valence-electron chi connectivity index (χ2n) is 7.60. The number of hydrogen-bond donors (Lipinski definition) is 2. The number of amides is 1. The highest BCUT2D eigenvalue weighted by atomic mass is 16.5. The number of morpholine rings is 1. The van der Waals surface area contributed by atoms with Gasteiger partial charge in [-0.3, -0.25) is 14.5 Å². The molecule has 1 unspecified atom stereocenters. The quantitative estimate of drug-likeness (QED) is 0.835. The van der Waals surface area contributed by atoms with Gasteiger partial charge in [-0.25, -0.2) is 0 Å². The third kappa shape index (κ3) is 3.88. The molecule has 1 fully saturated rings. The van der Waals surface area contributed by atoms with E-state index in [0.717, 1.165) is 68.1 Å². The summed E-state index contributed by atoms with van der Waals surface area (Å²) in [4.78, 5) is 30.9. The number of carbonyl (C=O) groups excluding carboxylic acids is 2. The molecule has 2 heterocycles. The number of nitrogens with zero attached hydrogens (tertiary/aromatic N) is 1. The Kier molecular flexibility index (Phi) is 5.59. The van der Waals surface area contributed by atoms with Crippen molar-refractivity contribution in [1.29, 1.82) is 0 Å². The smallest absolute Gasteiger partial charge is 0.268 e. The van der Waals surface area contributed by atoms with Crippen molar-refractivity contribution >= 4 is 11.7 Å².